The van der Waals surface area contributed by atoms with Crippen LogP contribution >= 0.6 is 11.6 Å². The van der Waals surface area contributed by atoms with Crippen molar-refractivity contribution in [3.8, 4) is 0 Å². The number of carbonyl (C=O) groups is 1. The molecule has 8 heteroatoms. The van der Waals surface area contributed by atoms with Gasteiger partial charge in [-0.3, -0.25) is 10.1 Å². The van der Waals surface area contributed by atoms with E-state index in [1.165, 1.54) is 6.20 Å². The summed E-state index contributed by atoms with van der Waals surface area (Å²) in [7, 11) is 0. The van der Waals surface area contributed by atoms with Gasteiger partial charge in [0.2, 0.25) is 5.76 Å². The molecule has 0 spiro atoms. The van der Waals surface area contributed by atoms with Gasteiger partial charge in [-0.1, -0.05) is 23.7 Å². The van der Waals surface area contributed by atoms with Gasteiger partial charge in [-0.05, 0) is 32.4 Å². The van der Waals surface area contributed by atoms with Crippen molar-refractivity contribution in [2.24, 2.45) is 0 Å². The molecule has 3 rings (SSSR count). The van der Waals surface area contributed by atoms with E-state index in [1.807, 2.05) is 26.0 Å². The number of benzene rings is 1. The number of nitrogens with zero attached hydrogens (tertiary/aromatic N) is 3. The van der Waals surface area contributed by atoms with Crippen molar-refractivity contribution in [3.63, 3.8) is 0 Å². The second-order valence-corrected chi connectivity index (χ2v) is 5.89. The number of amides is 1. The molecule has 1 aromatic carbocycles. The van der Waals surface area contributed by atoms with Gasteiger partial charge >= 0.3 is 6.01 Å². The highest BCUT2D eigenvalue weighted by molar-refractivity contribution is 6.34. The van der Waals surface area contributed by atoms with Crippen molar-refractivity contribution in [1.29, 1.82) is 0 Å². The van der Waals surface area contributed by atoms with Gasteiger partial charge in [-0.2, -0.15) is 0 Å². The third-order valence-corrected chi connectivity index (χ3v) is 3.71. The SMILES string of the molecule is Cc1cc(Nc2ncc(C(=O)Nc3c(C)cccc3Cl)o2)nc(C)n1. The van der Waals surface area contributed by atoms with Crippen molar-refractivity contribution < 1.29 is 9.21 Å². The first-order valence-electron chi connectivity index (χ1n) is 7.54. The zero-order chi connectivity index (χ0) is 18.0. The summed E-state index contributed by atoms with van der Waals surface area (Å²) < 4.78 is 5.44. The third kappa shape index (κ3) is 3.95. The second kappa shape index (κ2) is 6.90. The predicted octanol–water partition coefficient (Wildman–Crippen LogP) is 4.04. The minimum absolute atomic E-state index is 0.0596. The molecule has 0 saturated carbocycles. The number of rotatable bonds is 4. The van der Waals surface area contributed by atoms with E-state index >= 15 is 0 Å². The summed E-state index contributed by atoms with van der Waals surface area (Å²) in [5.74, 6) is 0.790. The lowest BCUT2D eigenvalue weighted by Gasteiger charge is -2.08. The Labute approximate surface area is 149 Å². The van der Waals surface area contributed by atoms with Crippen LogP contribution in [0.4, 0.5) is 17.5 Å². The zero-order valence-corrected chi connectivity index (χ0v) is 14.7. The minimum atomic E-state index is -0.438. The summed E-state index contributed by atoms with van der Waals surface area (Å²) in [6, 6.07) is 7.30. The molecule has 0 bridgehead atoms. The van der Waals surface area contributed by atoms with E-state index in [9.17, 15) is 4.79 Å². The van der Waals surface area contributed by atoms with E-state index in [0.29, 0.717) is 22.4 Å². The summed E-state index contributed by atoms with van der Waals surface area (Å²) in [6.07, 6.45) is 1.34. The molecule has 0 aliphatic rings. The molecule has 7 nitrogen and oxygen atoms in total. The average molecular weight is 358 g/mol. The molecule has 0 saturated heterocycles. The molecule has 0 radical (unpaired) electrons. The number of para-hydroxylation sites is 1. The lowest BCUT2D eigenvalue weighted by molar-refractivity contribution is 0.0997. The molecule has 2 aromatic heterocycles. The van der Waals surface area contributed by atoms with Crippen LogP contribution < -0.4 is 10.6 Å². The summed E-state index contributed by atoms with van der Waals surface area (Å²) >= 11 is 6.12. The lowest BCUT2D eigenvalue weighted by atomic mass is 10.2. The van der Waals surface area contributed by atoms with Crippen LogP contribution in [-0.2, 0) is 0 Å². The Morgan fingerprint density at radius 1 is 1.20 bits per heavy atom. The molecule has 2 heterocycles. The van der Waals surface area contributed by atoms with Gasteiger partial charge in [0.05, 0.1) is 16.9 Å². The predicted molar refractivity (Wildman–Crippen MR) is 95.4 cm³/mol. The lowest BCUT2D eigenvalue weighted by Crippen LogP contribution is -2.12. The first kappa shape index (κ1) is 16.9. The number of oxazole rings is 1. The maximum atomic E-state index is 12.3. The smallest absolute Gasteiger partial charge is 0.301 e. The second-order valence-electron chi connectivity index (χ2n) is 5.48. The summed E-state index contributed by atoms with van der Waals surface area (Å²) in [5, 5.41) is 6.10. The first-order valence-corrected chi connectivity index (χ1v) is 7.92. The minimum Gasteiger partial charge on any atom is -0.418 e. The molecular weight excluding hydrogens is 342 g/mol. The van der Waals surface area contributed by atoms with E-state index in [2.05, 4.69) is 25.6 Å². The molecular formula is C17H16ClN5O2. The number of nitrogens with one attached hydrogen (secondary N) is 2. The normalized spacial score (nSPS) is 10.6. The molecule has 0 aliphatic heterocycles. The topological polar surface area (TPSA) is 92.9 Å². The number of aryl methyl sites for hydroxylation is 3. The number of carbonyl (C=O) groups excluding carboxylic acids is 1. The van der Waals surface area contributed by atoms with E-state index in [4.69, 9.17) is 16.0 Å². The average Bonchev–Trinajstić information content (AvgIpc) is 2.98. The number of hydrogen-bond acceptors (Lipinski definition) is 6. The molecule has 25 heavy (non-hydrogen) atoms. The van der Waals surface area contributed by atoms with Crippen LogP contribution in [-0.4, -0.2) is 20.9 Å². The molecule has 128 valence electrons. The monoisotopic (exact) mass is 357 g/mol. The molecule has 0 unspecified atom stereocenters. The maximum Gasteiger partial charge on any atom is 0.301 e. The molecule has 0 atom stereocenters. The fourth-order valence-corrected chi connectivity index (χ4v) is 2.56. The maximum absolute atomic E-state index is 12.3. The van der Waals surface area contributed by atoms with Crippen LogP contribution in [0.5, 0.6) is 0 Å². The first-order chi connectivity index (χ1) is 11.9. The molecule has 0 fully saturated rings. The Balaban J connectivity index is 1.75. The summed E-state index contributed by atoms with van der Waals surface area (Å²) in [5.41, 5.74) is 2.21. The van der Waals surface area contributed by atoms with Crippen LogP contribution in [0.2, 0.25) is 5.02 Å². The largest absolute Gasteiger partial charge is 0.418 e. The Bertz CT molecular complexity index is 898. The van der Waals surface area contributed by atoms with Crippen LogP contribution in [0, 0.1) is 20.8 Å². The van der Waals surface area contributed by atoms with Gasteiger partial charge < -0.3 is 9.73 Å². The quantitative estimate of drug-likeness (QED) is 0.732. The fourth-order valence-electron chi connectivity index (χ4n) is 2.29. The van der Waals surface area contributed by atoms with Gasteiger partial charge in [0.25, 0.3) is 5.91 Å². The number of halogens is 1. The van der Waals surface area contributed by atoms with Crippen molar-refractivity contribution in [3.05, 3.63) is 58.3 Å². The highest BCUT2D eigenvalue weighted by Gasteiger charge is 2.15. The van der Waals surface area contributed by atoms with Gasteiger partial charge in [0, 0.05) is 11.8 Å². The van der Waals surface area contributed by atoms with Gasteiger partial charge in [0.1, 0.15) is 11.6 Å². The van der Waals surface area contributed by atoms with Crippen molar-refractivity contribution in [1.82, 2.24) is 15.0 Å². The molecule has 0 aliphatic carbocycles. The van der Waals surface area contributed by atoms with Crippen molar-refractivity contribution >= 4 is 35.0 Å². The molecule has 3 aromatic rings. The third-order valence-electron chi connectivity index (χ3n) is 3.39. The molecule has 1 amide bonds. The Morgan fingerprint density at radius 3 is 2.72 bits per heavy atom. The molecule has 2 N–H and O–H groups in total. The highest BCUT2D eigenvalue weighted by atomic mass is 35.5. The van der Waals surface area contributed by atoms with Crippen LogP contribution in [0.15, 0.2) is 34.9 Å². The highest BCUT2D eigenvalue weighted by Crippen LogP contribution is 2.26. The van der Waals surface area contributed by atoms with Crippen molar-refractivity contribution in [2.45, 2.75) is 20.8 Å². The van der Waals surface area contributed by atoms with Gasteiger partial charge in [-0.15, -0.1) is 0 Å². The van der Waals surface area contributed by atoms with Crippen molar-refractivity contribution in [2.75, 3.05) is 10.6 Å². The number of aromatic nitrogens is 3. The van der Waals surface area contributed by atoms with Gasteiger partial charge in [0.15, 0.2) is 0 Å². The van der Waals surface area contributed by atoms with E-state index in [0.717, 1.165) is 11.3 Å². The van der Waals surface area contributed by atoms with E-state index in [1.54, 1.807) is 19.1 Å². The van der Waals surface area contributed by atoms with Crippen LogP contribution in [0.3, 0.4) is 0 Å². The standard InChI is InChI=1S/C17H16ClN5O2/c1-9-5-4-6-12(18)15(9)23-16(24)13-8-19-17(25-13)22-14-7-10(2)20-11(3)21-14/h4-8H,1-3H3,(H,23,24)(H,19,20,21,22). The number of anilines is 3. The summed E-state index contributed by atoms with van der Waals surface area (Å²) in [4.78, 5) is 24.8. The number of hydrogen-bond donors (Lipinski definition) is 2. The van der Waals surface area contributed by atoms with Gasteiger partial charge in [-0.25, -0.2) is 15.0 Å². The Hall–Kier alpha value is -2.93. The van der Waals surface area contributed by atoms with Crippen LogP contribution in [0.1, 0.15) is 27.6 Å². The zero-order valence-electron chi connectivity index (χ0n) is 13.9. The van der Waals surface area contributed by atoms with E-state index < -0.39 is 5.91 Å². The van der Waals surface area contributed by atoms with E-state index in [-0.39, 0.29) is 11.8 Å². The Morgan fingerprint density at radius 2 is 2.00 bits per heavy atom. The fraction of sp³-hybridized carbons (Fsp3) is 0.176. The van der Waals surface area contributed by atoms with Crippen LogP contribution in [0.25, 0.3) is 0 Å². The summed E-state index contributed by atoms with van der Waals surface area (Å²) in [6.45, 7) is 5.51. The Kier molecular flexibility index (Phi) is 4.67.